The number of nitrogens with two attached hydrogens (primary N) is 2. The fourth-order valence-electron chi connectivity index (χ4n) is 6.83. The number of likely N-dealkylation sites (N-methyl/N-ethyl adjacent to an activating group) is 1. The molecule has 1 aromatic heterocycles. The van der Waals surface area contributed by atoms with Crippen LogP contribution >= 0.6 is 23.5 Å². The molecule has 7 unspecified atom stereocenters. The molecule has 24 nitrogen and oxygen atoms in total. The SMILES string of the molecule is CNc1ccc2c(c1)OC1=CC([NH2+]C)C(C)=CC1=C2c1ccc(C(=O)NCC=Cc2cn(C3OC(COP(=O)(O)OP(=O)(O)OP(=O)(O)O)C(O)C3O)c(=O)nc2N)cc1C(=O)[O-]. The summed E-state index contributed by atoms with van der Waals surface area (Å²) >= 11 is 0. The number of aliphatic hydroxyl groups excluding tert-OH is 2. The third-order valence-corrected chi connectivity index (χ3v) is 13.6. The Bertz CT molecular complexity index is 2680. The van der Waals surface area contributed by atoms with E-state index in [0.29, 0.717) is 38.3 Å². The van der Waals surface area contributed by atoms with Crippen molar-refractivity contribution in [1.82, 2.24) is 14.9 Å². The molecule has 0 bridgehead atoms. The zero-order valence-electron chi connectivity index (χ0n) is 33.1. The number of rotatable bonds is 16. The number of amides is 1. The molecule has 12 N–H and O–H groups in total. The van der Waals surface area contributed by atoms with Crippen LogP contribution < -0.4 is 37.2 Å². The Labute approximate surface area is 356 Å². The van der Waals surface area contributed by atoms with Gasteiger partial charge in [-0.15, -0.1) is 0 Å². The highest BCUT2D eigenvalue weighted by Crippen LogP contribution is 2.66. The maximum Gasteiger partial charge on any atom is 0.490 e. The number of nitrogen functional groups attached to an aromatic ring is 1. The minimum atomic E-state index is -5.85. The van der Waals surface area contributed by atoms with Gasteiger partial charge in [-0.2, -0.15) is 13.6 Å². The highest BCUT2D eigenvalue weighted by molar-refractivity contribution is 7.66. The molecule has 0 radical (unpaired) electrons. The molecule has 3 heterocycles. The molecule has 338 valence electrons. The average Bonchev–Trinajstić information content (AvgIpc) is 3.48. The predicted molar refractivity (Wildman–Crippen MR) is 217 cm³/mol. The second kappa shape index (κ2) is 18.5. The van der Waals surface area contributed by atoms with Crippen LogP contribution in [0.3, 0.4) is 0 Å². The fourth-order valence-corrected chi connectivity index (χ4v) is 9.86. The Balaban J connectivity index is 1.16. The first-order chi connectivity index (χ1) is 29.5. The molecule has 0 saturated carbocycles. The number of benzene rings is 2. The summed E-state index contributed by atoms with van der Waals surface area (Å²) in [5.41, 5.74) is 8.58. The van der Waals surface area contributed by atoms with Crippen LogP contribution in [0.2, 0.25) is 0 Å². The summed E-state index contributed by atoms with van der Waals surface area (Å²) in [6, 6.07) is 9.63. The van der Waals surface area contributed by atoms with E-state index in [-0.39, 0.29) is 35.1 Å². The van der Waals surface area contributed by atoms with Crippen LogP contribution in [-0.4, -0.2) is 103 Å². The molecular weight excluding hydrogens is 897 g/mol. The Morgan fingerprint density at radius 1 is 1.05 bits per heavy atom. The lowest BCUT2D eigenvalue weighted by molar-refractivity contribution is -0.644. The number of carbonyl (C=O) groups excluding carboxylic acids is 2. The van der Waals surface area contributed by atoms with Crippen LogP contribution in [0.5, 0.6) is 5.75 Å². The normalized spacial score (nSPS) is 22.8. The number of aromatic carboxylic acids is 1. The maximum absolute atomic E-state index is 13.3. The van der Waals surface area contributed by atoms with Crippen molar-refractivity contribution in [3.8, 4) is 5.75 Å². The number of aliphatic hydroxyl groups is 2. The van der Waals surface area contributed by atoms with E-state index in [1.54, 1.807) is 13.1 Å². The molecule has 2 aliphatic heterocycles. The molecule has 7 atom stereocenters. The van der Waals surface area contributed by atoms with Gasteiger partial charge < -0.3 is 70.8 Å². The summed E-state index contributed by atoms with van der Waals surface area (Å²) in [5, 5.41) is 41.5. The number of aromatic nitrogens is 2. The van der Waals surface area contributed by atoms with Crippen molar-refractivity contribution in [2.24, 2.45) is 0 Å². The van der Waals surface area contributed by atoms with Crippen molar-refractivity contribution in [1.29, 1.82) is 0 Å². The molecule has 1 aliphatic carbocycles. The van der Waals surface area contributed by atoms with Crippen molar-refractivity contribution in [3.05, 3.63) is 116 Å². The molecular formula is C36H41N6O18P3. The summed E-state index contributed by atoms with van der Waals surface area (Å²) in [7, 11) is -13.5. The number of nitrogens with one attached hydrogen (secondary N) is 2. The molecule has 0 spiro atoms. The first-order valence-electron chi connectivity index (χ1n) is 18.4. The van der Waals surface area contributed by atoms with Gasteiger partial charge in [0.2, 0.25) is 0 Å². The van der Waals surface area contributed by atoms with E-state index in [4.69, 9.17) is 25.0 Å². The smallest absolute Gasteiger partial charge is 0.490 e. The highest BCUT2D eigenvalue weighted by atomic mass is 31.3. The van der Waals surface area contributed by atoms with E-state index in [1.165, 1.54) is 30.4 Å². The zero-order valence-corrected chi connectivity index (χ0v) is 35.8. The first kappa shape index (κ1) is 47.4. The van der Waals surface area contributed by atoms with Crippen LogP contribution in [0, 0.1) is 0 Å². The molecule has 3 aliphatic rings. The summed E-state index contributed by atoms with van der Waals surface area (Å²) in [6.07, 6.45) is 0.462. The number of carbonyl (C=O) groups is 2. The van der Waals surface area contributed by atoms with Gasteiger partial charge in [0, 0.05) is 71.0 Å². The van der Waals surface area contributed by atoms with Crippen molar-refractivity contribution in [2.75, 3.05) is 38.3 Å². The number of hydrogen-bond acceptors (Lipinski definition) is 17. The second-order valence-electron chi connectivity index (χ2n) is 14.0. The molecule has 1 fully saturated rings. The maximum atomic E-state index is 13.3. The third-order valence-electron chi connectivity index (χ3n) is 9.77. The second-order valence-corrected chi connectivity index (χ2v) is 18.4. The molecule has 2 aromatic carbocycles. The Hall–Kier alpha value is -5.13. The molecule has 63 heavy (non-hydrogen) atoms. The van der Waals surface area contributed by atoms with E-state index in [2.05, 4.69) is 28.8 Å². The monoisotopic (exact) mass is 938 g/mol. The number of phosphoric acid groups is 3. The van der Waals surface area contributed by atoms with E-state index in [1.807, 2.05) is 43.6 Å². The molecule has 1 amide bonds. The topological polar surface area (TPSA) is 378 Å². The van der Waals surface area contributed by atoms with Gasteiger partial charge in [-0.05, 0) is 48.4 Å². The Morgan fingerprint density at radius 2 is 1.76 bits per heavy atom. The van der Waals surface area contributed by atoms with Gasteiger partial charge in [0.25, 0.3) is 5.91 Å². The number of carboxylic acids is 1. The van der Waals surface area contributed by atoms with Gasteiger partial charge in [0.1, 0.15) is 41.7 Å². The summed E-state index contributed by atoms with van der Waals surface area (Å²) < 4.78 is 58.8. The highest BCUT2D eigenvalue weighted by Gasteiger charge is 2.47. The minimum absolute atomic E-state index is 0.00790. The summed E-state index contributed by atoms with van der Waals surface area (Å²) in [4.78, 5) is 78.9. The van der Waals surface area contributed by atoms with Crippen molar-refractivity contribution >= 4 is 58.5 Å². The number of nitrogens with zero attached hydrogens (tertiary/aromatic N) is 2. The van der Waals surface area contributed by atoms with E-state index in [0.717, 1.165) is 17.5 Å². The number of allylic oxidation sites excluding steroid dienone is 1. The number of anilines is 2. The average molecular weight is 939 g/mol. The molecule has 27 heteroatoms. The summed E-state index contributed by atoms with van der Waals surface area (Å²) in [5.74, 6) is -1.45. The standard InChI is InChI=1S/C36H41N6O18P3/c1-17-11-24-27(14-25(17)39-3)57-26-13-20(38-2)7-9-22(26)29(24)21-8-6-18(12-23(21)35(46)47)33(45)40-10-4-5-19-15-42(36(48)41-32(19)37)34-31(44)30(43)28(58-34)16-56-62(52,53)60-63(54,55)59-61(49,50)51/h4-9,11-15,25,28,30-31,34,38-39,43-44H,10,16H2,1-3H3,(H,40,45)(H,46,47)(H,52,53)(H,54,55)(H2,37,41,48)(H2,49,50,51). The predicted octanol–water partition coefficient (Wildman–Crippen LogP) is -0.764. The quantitative estimate of drug-likeness (QED) is 0.0789. The van der Waals surface area contributed by atoms with E-state index in [9.17, 15) is 53.2 Å². The first-order valence-corrected chi connectivity index (χ1v) is 23.0. The molecule has 3 aromatic rings. The van der Waals surface area contributed by atoms with Crippen LogP contribution in [-0.2, 0) is 31.6 Å². The molecule has 1 saturated heterocycles. The molecule has 6 rings (SSSR count). The van der Waals surface area contributed by atoms with Gasteiger partial charge in [0.05, 0.1) is 19.6 Å². The van der Waals surface area contributed by atoms with Gasteiger partial charge in [-0.25, -0.2) is 18.5 Å². The third kappa shape index (κ3) is 10.8. The van der Waals surface area contributed by atoms with Crippen LogP contribution in [0.4, 0.5) is 11.5 Å². The van der Waals surface area contributed by atoms with Gasteiger partial charge in [0.15, 0.2) is 6.23 Å². The lowest BCUT2D eigenvalue weighted by Crippen LogP contribution is -2.86. The fraction of sp³-hybridized carbons (Fsp3) is 0.278. The number of quaternary nitrogens is 1. The Kier molecular flexibility index (Phi) is 13.9. The van der Waals surface area contributed by atoms with E-state index >= 15 is 0 Å². The van der Waals surface area contributed by atoms with E-state index < -0.39 is 72.2 Å². The largest absolute Gasteiger partial charge is 0.545 e. The Morgan fingerprint density at radius 3 is 2.43 bits per heavy atom. The minimum Gasteiger partial charge on any atom is -0.545 e. The number of fused-ring (bicyclic) bond motifs is 2. The number of hydrogen-bond donors (Lipinski definition) is 10. The lowest BCUT2D eigenvalue weighted by atomic mass is 9.83. The lowest BCUT2D eigenvalue weighted by Gasteiger charge is -2.30. The number of carboxylic acid groups (broad SMARTS) is 1. The van der Waals surface area contributed by atoms with Gasteiger partial charge in [-0.1, -0.05) is 18.2 Å². The van der Waals surface area contributed by atoms with Gasteiger partial charge in [-0.3, -0.25) is 13.9 Å². The number of phosphoric ester groups is 1. The van der Waals surface area contributed by atoms with Crippen molar-refractivity contribution in [2.45, 2.75) is 37.5 Å². The van der Waals surface area contributed by atoms with Crippen molar-refractivity contribution in [3.63, 3.8) is 0 Å². The van der Waals surface area contributed by atoms with Crippen LogP contribution in [0.15, 0.2) is 82.5 Å². The van der Waals surface area contributed by atoms with Crippen LogP contribution in [0.1, 0.15) is 50.6 Å². The van der Waals surface area contributed by atoms with Crippen LogP contribution in [0.25, 0.3) is 11.6 Å². The zero-order chi connectivity index (χ0) is 46.2. The van der Waals surface area contributed by atoms with Gasteiger partial charge >= 0.3 is 29.2 Å². The summed E-state index contributed by atoms with van der Waals surface area (Å²) in [6.45, 7) is 0.661. The van der Waals surface area contributed by atoms with Crippen molar-refractivity contribution < 1.29 is 86.1 Å². The number of ether oxygens (including phenoxy) is 2.